The molecule has 0 spiro atoms. The first-order chi connectivity index (χ1) is 16.1. The van der Waals surface area contributed by atoms with Crippen molar-refractivity contribution in [2.75, 3.05) is 23.8 Å². The highest BCUT2D eigenvalue weighted by atomic mass is 16.6. The van der Waals surface area contributed by atoms with Gasteiger partial charge in [-0.05, 0) is 36.8 Å². The Hall–Kier alpha value is -4.26. The fourth-order valence-electron chi connectivity index (χ4n) is 3.83. The summed E-state index contributed by atoms with van der Waals surface area (Å²) in [7, 11) is 0. The first-order valence-electron chi connectivity index (χ1n) is 10.6. The van der Waals surface area contributed by atoms with Crippen LogP contribution in [0.25, 0.3) is 11.0 Å². The van der Waals surface area contributed by atoms with Crippen LogP contribution < -0.4 is 20.1 Å². The van der Waals surface area contributed by atoms with Gasteiger partial charge in [0.2, 0.25) is 11.7 Å². The molecular formula is C26H22N2O5. The third kappa shape index (κ3) is 4.39. The van der Waals surface area contributed by atoms with E-state index in [9.17, 15) is 9.59 Å². The molecule has 1 aromatic heterocycles. The summed E-state index contributed by atoms with van der Waals surface area (Å²) >= 11 is 0. The van der Waals surface area contributed by atoms with E-state index in [-0.39, 0.29) is 18.1 Å². The van der Waals surface area contributed by atoms with Crippen molar-refractivity contribution in [2.45, 2.75) is 13.3 Å². The molecule has 1 aliphatic rings. The molecule has 2 heterocycles. The van der Waals surface area contributed by atoms with Crippen LogP contribution in [0, 0.1) is 6.92 Å². The van der Waals surface area contributed by atoms with Gasteiger partial charge in [-0.1, -0.05) is 42.0 Å². The van der Waals surface area contributed by atoms with Crippen LogP contribution in [-0.2, 0) is 11.2 Å². The van der Waals surface area contributed by atoms with Gasteiger partial charge in [-0.2, -0.15) is 0 Å². The average Bonchev–Trinajstić information content (AvgIpc) is 3.17. The zero-order valence-electron chi connectivity index (χ0n) is 18.0. The highest BCUT2D eigenvalue weighted by Gasteiger charge is 2.23. The zero-order chi connectivity index (χ0) is 22.8. The zero-order valence-corrected chi connectivity index (χ0v) is 18.0. The van der Waals surface area contributed by atoms with Gasteiger partial charge in [-0.3, -0.25) is 9.59 Å². The second kappa shape index (κ2) is 8.70. The van der Waals surface area contributed by atoms with E-state index in [4.69, 9.17) is 13.9 Å². The second-order valence-corrected chi connectivity index (χ2v) is 7.83. The first-order valence-corrected chi connectivity index (χ1v) is 10.6. The fourth-order valence-corrected chi connectivity index (χ4v) is 3.83. The topological polar surface area (TPSA) is 89.8 Å². The number of carbonyl (C=O) groups excluding carboxylic acids is 2. The number of fused-ring (bicyclic) bond motifs is 2. The molecule has 7 heteroatoms. The second-order valence-electron chi connectivity index (χ2n) is 7.83. The summed E-state index contributed by atoms with van der Waals surface area (Å²) in [5.74, 6) is 0.514. The van der Waals surface area contributed by atoms with E-state index in [2.05, 4.69) is 10.6 Å². The Balaban J connectivity index is 1.41. The molecule has 3 aromatic carbocycles. The Morgan fingerprint density at radius 1 is 0.879 bits per heavy atom. The molecule has 2 N–H and O–H groups in total. The number of anilines is 2. The van der Waals surface area contributed by atoms with Crippen LogP contribution in [0.1, 0.15) is 21.7 Å². The monoisotopic (exact) mass is 442 g/mol. The summed E-state index contributed by atoms with van der Waals surface area (Å²) in [5.41, 5.74) is 3.35. The standard InChI is InChI=1S/C26H22N2O5/c1-16-5-4-6-17(13-16)14-23(29)28-24-19-7-2-3-8-20(19)33-25(24)26(30)27-18-9-10-21-22(15-18)32-12-11-31-21/h2-10,13,15H,11-12,14H2,1H3,(H,27,30)(H,28,29). The number of aryl methyl sites for hydroxylation is 1. The van der Waals surface area contributed by atoms with Crippen molar-refractivity contribution >= 4 is 34.2 Å². The Morgan fingerprint density at radius 3 is 2.55 bits per heavy atom. The summed E-state index contributed by atoms with van der Waals surface area (Å²) in [6.07, 6.45) is 0.185. The minimum Gasteiger partial charge on any atom is -0.486 e. The Bertz CT molecular complexity index is 1360. The van der Waals surface area contributed by atoms with Gasteiger partial charge in [0.05, 0.1) is 6.42 Å². The van der Waals surface area contributed by atoms with Crippen LogP contribution in [0.15, 0.2) is 71.1 Å². The Labute approximate surface area is 190 Å². The Kier molecular flexibility index (Phi) is 5.44. The minimum atomic E-state index is -0.478. The summed E-state index contributed by atoms with van der Waals surface area (Å²) in [4.78, 5) is 25.9. The lowest BCUT2D eigenvalue weighted by atomic mass is 10.1. The van der Waals surface area contributed by atoms with Crippen LogP contribution in [-0.4, -0.2) is 25.0 Å². The van der Waals surface area contributed by atoms with Gasteiger partial charge in [0.25, 0.3) is 5.91 Å². The van der Waals surface area contributed by atoms with E-state index in [1.165, 1.54) is 0 Å². The van der Waals surface area contributed by atoms with Crippen molar-refractivity contribution in [1.82, 2.24) is 0 Å². The normalized spacial score (nSPS) is 12.4. The van der Waals surface area contributed by atoms with Crippen molar-refractivity contribution in [3.63, 3.8) is 0 Å². The lowest BCUT2D eigenvalue weighted by molar-refractivity contribution is -0.115. The molecule has 0 saturated heterocycles. The van der Waals surface area contributed by atoms with Crippen LogP contribution >= 0.6 is 0 Å². The molecule has 0 aliphatic carbocycles. The summed E-state index contributed by atoms with van der Waals surface area (Å²) < 4.78 is 16.9. The number of rotatable bonds is 5. The average molecular weight is 442 g/mol. The number of carbonyl (C=O) groups is 2. The number of furan rings is 1. The number of benzene rings is 3. The number of nitrogens with one attached hydrogen (secondary N) is 2. The smallest absolute Gasteiger partial charge is 0.293 e. The highest BCUT2D eigenvalue weighted by Crippen LogP contribution is 2.34. The van der Waals surface area contributed by atoms with Gasteiger partial charge >= 0.3 is 0 Å². The van der Waals surface area contributed by atoms with Crippen LogP contribution in [0.5, 0.6) is 11.5 Å². The lowest BCUT2D eigenvalue weighted by Crippen LogP contribution is -2.19. The largest absolute Gasteiger partial charge is 0.486 e. The summed E-state index contributed by atoms with van der Waals surface area (Å²) in [6.45, 7) is 2.92. The molecule has 0 radical (unpaired) electrons. The molecule has 0 bridgehead atoms. The van der Waals surface area contributed by atoms with E-state index in [0.29, 0.717) is 47.1 Å². The van der Waals surface area contributed by atoms with Gasteiger partial charge in [-0.15, -0.1) is 0 Å². The molecule has 166 valence electrons. The van der Waals surface area contributed by atoms with Crippen molar-refractivity contribution < 1.29 is 23.5 Å². The molecule has 7 nitrogen and oxygen atoms in total. The predicted molar refractivity (Wildman–Crippen MR) is 125 cm³/mol. The summed E-state index contributed by atoms with van der Waals surface area (Å²) in [5, 5.41) is 6.36. The van der Waals surface area contributed by atoms with Crippen LogP contribution in [0.4, 0.5) is 11.4 Å². The fraction of sp³-hybridized carbons (Fsp3) is 0.154. The Morgan fingerprint density at radius 2 is 1.70 bits per heavy atom. The number of hydrogen-bond donors (Lipinski definition) is 2. The van der Waals surface area contributed by atoms with E-state index < -0.39 is 5.91 Å². The minimum absolute atomic E-state index is 0.0312. The third-order valence-corrected chi connectivity index (χ3v) is 5.31. The van der Waals surface area contributed by atoms with Gasteiger partial charge in [-0.25, -0.2) is 0 Å². The molecule has 0 fully saturated rings. The quantitative estimate of drug-likeness (QED) is 0.457. The van der Waals surface area contributed by atoms with Gasteiger partial charge in [0.15, 0.2) is 11.5 Å². The van der Waals surface area contributed by atoms with Crippen molar-refractivity contribution in [2.24, 2.45) is 0 Å². The molecule has 33 heavy (non-hydrogen) atoms. The molecule has 2 amide bonds. The van der Waals surface area contributed by atoms with Crippen LogP contribution in [0.3, 0.4) is 0 Å². The maximum Gasteiger partial charge on any atom is 0.293 e. The van der Waals surface area contributed by atoms with E-state index in [0.717, 1.165) is 11.1 Å². The number of amides is 2. The third-order valence-electron chi connectivity index (χ3n) is 5.31. The van der Waals surface area contributed by atoms with E-state index in [1.54, 1.807) is 24.3 Å². The maximum atomic E-state index is 13.1. The molecule has 1 aliphatic heterocycles. The number of ether oxygens (including phenoxy) is 2. The van der Waals surface area contributed by atoms with E-state index in [1.807, 2.05) is 49.4 Å². The molecular weight excluding hydrogens is 420 g/mol. The molecule has 4 aromatic rings. The van der Waals surface area contributed by atoms with Crippen molar-refractivity contribution in [1.29, 1.82) is 0 Å². The van der Waals surface area contributed by atoms with Crippen molar-refractivity contribution in [3.05, 3.63) is 83.6 Å². The predicted octanol–water partition coefficient (Wildman–Crippen LogP) is 4.95. The molecule has 0 saturated carbocycles. The van der Waals surface area contributed by atoms with Gasteiger partial charge in [0.1, 0.15) is 24.5 Å². The molecule has 0 unspecified atom stereocenters. The SMILES string of the molecule is Cc1cccc(CC(=O)Nc2c(C(=O)Nc3ccc4c(c3)OCCO4)oc3ccccc23)c1. The number of hydrogen-bond acceptors (Lipinski definition) is 5. The first kappa shape index (κ1) is 20.6. The van der Waals surface area contributed by atoms with Gasteiger partial charge in [0, 0.05) is 17.1 Å². The number of para-hydroxylation sites is 1. The summed E-state index contributed by atoms with van der Waals surface area (Å²) in [6, 6.07) is 20.1. The maximum absolute atomic E-state index is 13.1. The van der Waals surface area contributed by atoms with Gasteiger partial charge < -0.3 is 24.5 Å². The molecule has 0 atom stereocenters. The van der Waals surface area contributed by atoms with E-state index >= 15 is 0 Å². The highest BCUT2D eigenvalue weighted by molar-refractivity contribution is 6.14. The lowest BCUT2D eigenvalue weighted by Gasteiger charge is -2.18. The van der Waals surface area contributed by atoms with Crippen LogP contribution in [0.2, 0.25) is 0 Å². The van der Waals surface area contributed by atoms with Crippen molar-refractivity contribution in [3.8, 4) is 11.5 Å². The molecule has 5 rings (SSSR count).